The Labute approximate surface area is 126 Å². The Kier molecular flexibility index (Phi) is 3.88. The Bertz CT molecular complexity index is 630. The lowest BCUT2D eigenvalue weighted by Gasteiger charge is -2.33. The monoisotopic (exact) mass is 282 g/mol. The summed E-state index contributed by atoms with van der Waals surface area (Å²) in [7, 11) is 0. The molecule has 1 aromatic heterocycles. The smallest absolute Gasteiger partial charge is 0.126 e. The van der Waals surface area contributed by atoms with Crippen LogP contribution in [0.4, 0.5) is 5.69 Å². The number of aryl methyl sites for hydroxylation is 2. The molecule has 1 aliphatic heterocycles. The van der Waals surface area contributed by atoms with E-state index in [4.69, 9.17) is 10.7 Å². The zero-order chi connectivity index (χ0) is 14.8. The van der Waals surface area contributed by atoms with E-state index < -0.39 is 0 Å². The molecule has 2 heterocycles. The van der Waals surface area contributed by atoms with Crippen molar-refractivity contribution in [3.63, 3.8) is 0 Å². The maximum atomic E-state index is 6.01. The number of anilines is 1. The van der Waals surface area contributed by atoms with Crippen LogP contribution in [0.2, 0.25) is 0 Å². The van der Waals surface area contributed by atoms with E-state index in [9.17, 15) is 0 Å². The summed E-state index contributed by atoms with van der Waals surface area (Å²) in [6, 6.07) is 8.72. The van der Waals surface area contributed by atoms with Gasteiger partial charge in [0.1, 0.15) is 5.82 Å². The van der Waals surface area contributed by atoms with Gasteiger partial charge < -0.3 is 10.6 Å². The average molecular weight is 282 g/mol. The molecule has 0 unspecified atom stereocenters. The third kappa shape index (κ3) is 2.90. The van der Waals surface area contributed by atoms with Crippen molar-refractivity contribution in [1.29, 1.82) is 0 Å². The minimum Gasteiger partial charge on any atom is -0.368 e. The van der Waals surface area contributed by atoms with Crippen LogP contribution in [0.5, 0.6) is 0 Å². The second-order valence-corrected chi connectivity index (χ2v) is 5.79. The first-order valence-electron chi connectivity index (χ1n) is 7.55. The van der Waals surface area contributed by atoms with Crippen LogP contribution in [-0.4, -0.2) is 29.1 Å². The number of hydrogen-bond donors (Lipinski definition) is 1. The maximum absolute atomic E-state index is 6.01. The molecule has 4 heteroatoms. The molecule has 0 spiro atoms. The first-order chi connectivity index (χ1) is 10.1. The molecule has 2 N–H and O–H groups in total. The van der Waals surface area contributed by atoms with Crippen LogP contribution in [0.15, 0.2) is 30.5 Å². The van der Waals surface area contributed by atoms with Crippen LogP contribution in [0, 0.1) is 13.8 Å². The minimum atomic E-state index is 0.328. The van der Waals surface area contributed by atoms with Gasteiger partial charge in [-0.25, -0.2) is 9.97 Å². The van der Waals surface area contributed by atoms with Crippen molar-refractivity contribution in [2.24, 2.45) is 5.73 Å². The van der Waals surface area contributed by atoms with Gasteiger partial charge in [0.25, 0.3) is 0 Å². The molecule has 1 fully saturated rings. The Morgan fingerprint density at radius 3 is 2.57 bits per heavy atom. The fraction of sp³-hybridized carbons (Fsp3) is 0.412. The zero-order valence-electron chi connectivity index (χ0n) is 12.7. The van der Waals surface area contributed by atoms with Gasteiger partial charge >= 0.3 is 0 Å². The highest BCUT2D eigenvalue weighted by Gasteiger charge is 2.21. The number of nitrogens with two attached hydrogens (primary N) is 1. The highest BCUT2D eigenvalue weighted by atomic mass is 15.2. The second-order valence-electron chi connectivity index (χ2n) is 5.79. The summed E-state index contributed by atoms with van der Waals surface area (Å²) < 4.78 is 0. The molecule has 1 aliphatic rings. The van der Waals surface area contributed by atoms with E-state index in [0.29, 0.717) is 6.04 Å². The second kappa shape index (κ2) is 5.82. The van der Waals surface area contributed by atoms with Crippen molar-refractivity contribution in [3.8, 4) is 11.3 Å². The maximum Gasteiger partial charge on any atom is 0.126 e. The van der Waals surface area contributed by atoms with Crippen molar-refractivity contribution in [3.05, 3.63) is 41.9 Å². The van der Waals surface area contributed by atoms with Gasteiger partial charge in [-0.2, -0.15) is 0 Å². The van der Waals surface area contributed by atoms with E-state index in [2.05, 4.69) is 41.1 Å². The van der Waals surface area contributed by atoms with E-state index in [1.807, 2.05) is 13.1 Å². The van der Waals surface area contributed by atoms with Crippen molar-refractivity contribution in [1.82, 2.24) is 9.97 Å². The lowest BCUT2D eigenvalue weighted by atomic mass is 10.0. The van der Waals surface area contributed by atoms with E-state index in [1.165, 1.54) is 11.1 Å². The molecule has 0 aliphatic carbocycles. The SMILES string of the molecule is Cc1ncc(N2CCC(N)CC2)c(-c2ccccc2C)n1. The summed E-state index contributed by atoms with van der Waals surface area (Å²) in [6.45, 7) is 6.03. The molecule has 21 heavy (non-hydrogen) atoms. The van der Waals surface area contributed by atoms with Gasteiger partial charge in [0.05, 0.1) is 17.6 Å². The number of aromatic nitrogens is 2. The zero-order valence-corrected chi connectivity index (χ0v) is 12.7. The van der Waals surface area contributed by atoms with Crippen molar-refractivity contribution < 1.29 is 0 Å². The largest absolute Gasteiger partial charge is 0.368 e. The first-order valence-corrected chi connectivity index (χ1v) is 7.55. The highest BCUT2D eigenvalue weighted by Crippen LogP contribution is 2.32. The molecule has 3 rings (SSSR count). The average Bonchev–Trinajstić information content (AvgIpc) is 2.49. The number of hydrogen-bond acceptors (Lipinski definition) is 4. The molecular formula is C17H22N4. The van der Waals surface area contributed by atoms with Gasteiger partial charge in [0.2, 0.25) is 0 Å². The van der Waals surface area contributed by atoms with Crippen molar-refractivity contribution in [2.45, 2.75) is 32.7 Å². The number of piperidine rings is 1. The molecule has 0 bridgehead atoms. The quantitative estimate of drug-likeness (QED) is 0.920. The van der Waals surface area contributed by atoms with Gasteiger partial charge in [0.15, 0.2) is 0 Å². The van der Waals surface area contributed by atoms with E-state index in [1.54, 1.807) is 0 Å². The van der Waals surface area contributed by atoms with Crippen LogP contribution >= 0.6 is 0 Å². The Hall–Kier alpha value is -1.94. The van der Waals surface area contributed by atoms with Crippen LogP contribution in [0.25, 0.3) is 11.3 Å². The molecule has 0 saturated carbocycles. The van der Waals surface area contributed by atoms with Gasteiger partial charge in [-0.15, -0.1) is 0 Å². The lowest BCUT2D eigenvalue weighted by Crippen LogP contribution is -2.40. The fourth-order valence-electron chi connectivity index (χ4n) is 2.87. The normalized spacial score (nSPS) is 16.2. The summed E-state index contributed by atoms with van der Waals surface area (Å²) in [6.07, 6.45) is 4.02. The van der Waals surface area contributed by atoms with Crippen LogP contribution in [-0.2, 0) is 0 Å². The molecule has 0 amide bonds. The van der Waals surface area contributed by atoms with Gasteiger partial charge in [-0.3, -0.25) is 0 Å². The number of benzene rings is 1. The van der Waals surface area contributed by atoms with Crippen LogP contribution in [0.1, 0.15) is 24.2 Å². The third-order valence-corrected chi connectivity index (χ3v) is 4.17. The Morgan fingerprint density at radius 1 is 1.14 bits per heavy atom. The van der Waals surface area contributed by atoms with E-state index >= 15 is 0 Å². The minimum absolute atomic E-state index is 0.328. The van der Waals surface area contributed by atoms with Crippen molar-refractivity contribution >= 4 is 5.69 Å². The van der Waals surface area contributed by atoms with Crippen molar-refractivity contribution in [2.75, 3.05) is 18.0 Å². The summed E-state index contributed by atoms with van der Waals surface area (Å²) in [5, 5.41) is 0. The summed E-state index contributed by atoms with van der Waals surface area (Å²) in [5.74, 6) is 0.811. The van der Waals surface area contributed by atoms with Gasteiger partial charge in [-0.05, 0) is 32.3 Å². The molecule has 0 radical (unpaired) electrons. The molecular weight excluding hydrogens is 260 g/mol. The summed E-state index contributed by atoms with van der Waals surface area (Å²) in [5.41, 5.74) is 10.6. The van der Waals surface area contributed by atoms with Gasteiger partial charge in [0, 0.05) is 24.7 Å². The third-order valence-electron chi connectivity index (χ3n) is 4.17. The first kappa shape index (κ1) is 14.0. The van der Waals surface area contributed by atoms with Crippen LogP contribution < -0.4 is 10.6 Å². The van der Waals surface area contributed by atoms with E-state index in [-0.39, 0.29) is 0 Å². The topological polar surface area (TPSA) is 55.0 Å². The van der Waals surface area contributed by atoms with E-state index in [0.717, 1.165) is 43.1 Å². The van der Waals surface area contributed by atoms with Crippen LogP contribution in [0.3, 0.4) is 0 Å². The molecule has 4 nitrogen and oxygen atoms in total. The predicted octanol–water partition coefficient (Wildman–Crippen LogP) is 2.69. The fourth-order valence-corrected chi connectivity index (χ4v) is 2.87. The Balaban J connectivity index is 2.03. The molecule has 110 valence electrons. The summed E-state index contributed by atoms with van der Waals surface area (Å²) in [4.78, 5) is 11.5. The molecule has 2 aromatic rings. The van der Waals surface area contributed by atoms with Gasteiger partial charge in [-0.1, -0.05) is 24.3 Å². The predicted molar refractivity (Wildman–Crippen MR) is 86.4 cm³/mol. The number of rotatable bonds is 2. The lowest BCUT2D eigenvalue weighted by molar-refractivity contribution is 0.501. The standard InChI is InChI=1S/C17H22N4/c1-12-5-3-4-6-15(12)17-16(11-19-13(2)20-17)21-9-7-14(18)8-10-21/h3-6,11,14H,7-10,18H2,1-2H3. The molecule has 0 atom stereocenters. The number of nitrogens with zero attached hydrogens (tertiary/aromatic N) is 3. The Morgan fingerprint density at radius 2 is 1.86 bits per heavy atom. The summed E-state index contributed by atoms with van der Waals surface area (Å²) >= 11 is 0. The highest BCUT2D eigenvalue weighted by molar-refractivity contribution is 5.76. The molecule has 1 aromatic carbocycles. The molecule has 1 saturated heterocycles.